The number of rotatable bonds is 1. The number of fused-ring (bicyclic) bond motifs is 1. The second kappa shape index (κ2) is 4.35. The molecule has 0 aliphatic carbocycles. The standard InChI is InChI=1S/C12H5BrF4O/c13-9-5-8(11(18)12(15,16)17)10(14)7-4-2-1-3-6(7)9/h1-5H. The number of benzene rings is 2. The van der Waals surface area contributed by atoms with Crippen LogP contribution in [-0.2, 0) is 0 Å². The lowest BCUT2D eigenvalue weighted by Gasteiger charge is -2.09. The number of carbonyl (C=O) groups is 1. The molecule has 0 N–H and O–H groups in total. The Morgan fingerprint density at radius 2 is 1.67 bits per heavy atom. The van der Waals surface area contributed by atoms with E-state index in [4.69, 9.17) is 0 Å². The summed E-state index contributed by atoms with van der Waals surface area (Å²) in [6.07, 6.45) is -5.09. The third-order valence-corrected chi connectivity index (χ3v) is 3.09. The van der Waals surface area contributed by atoms with Gasteiger partial charge in [0.05, 0.1) is 5.56 Å². The predicted octanol–water partition coefficient (Wildman–Crippen LogP) is 4.49. The van der Waals surface area contributed by atoms with Crippen LogP contribution < -0.4 is 0 Å². The van der Waals surface area contributed by atoms with Gasteiger partial charge in [0, 0.05) is 9.86 Å². The Morgan fingerprint density at radius 1 is 1.11 bits per heavy atom. The molecule has 0 saturated heterocycles. The van der Waals surface area contributed by atoms with Crippen LogP contribution in [0.15, 0.2) is 34.8 Å². The molecule has 6 heteroatoms. The van der Waals surface area contributed by atoms with Crippen molar-refractivity contribution in [3.8, 4) is 0 Å². The molecule has 0 fully saturated rings. The van der Waals surface area contributed by atoms with Crippen molar-refractivity contribution in [2.24, 2.45) is 0 Å². The van der Waals surface area contributed by atoms with E-state index in [1.165, 1.54) is 12.1 Å². The molecule has 0 spiro atoms. The minimum atomic E-state index is -5.09. The Hall–Kier alpha value is -1.43. The molecule has 2 aromatic rings. The minimum Gasteiger partial charge on any atom is -0.284 e. The first-order chi connectivity index (χ1) is 8.32. The van der Waals surface area contributed by atoms with Gasteiger partial charge in [-0.2, -0.15) is 13.2 Å². The van der Waals surface area contributed by atoms with Crippen LogP contribution in [0.2, 0.25) is 0 Å². The molecule has 0 heterocycles. The molecule has 0 aliphatic rings. The highest BCUT2D eigenvalue weighted by atomic mass is 79.9. The van der Waals surface area contributed by atoms with E-state index in [0.29, 0.717) is 5.39 Å². The summed E-state index contributed by atoms with van der Waals surface area (Å²) in [6, 6.07) is 6.83. The summed E-state index contributed by atoms with van der Waals surface area (Å²) in [5.74, 6) is -3.34. The fourth-order valence-electron chi connectivity index (χ4n) is 1.61. The molecule has 0 bridgehead atoms. The summed E-state index contributed by atoms with van der Waals surface area (Å²) in [5, 5.41) is 0.383. The van der Waals surface area contributed by atoms with E-state index in [1.807, 2.05) is 0 Å². The van der Waals surface area contributed by atoms with Crippen LogP contribution in [-0.4, -0.2) is 12.0 Å². The molecule has 0 atom stereocenters. The van der Waals surface area contributed by atoms with Crippen molar-refractivity contribution in [1.29, 1.82) is 0 Å². The van der Waals surface area contributed by atoms with Crippen molar-refractivity contribution >= 4 is 32.5 Å². The molecule has 2 aromatic carbocycles. The Balaban J connectivity index is 2.75. The summed E-state index contributed by atoms with van der Waals surface area (Å²) in [5.41, 5.74) is -0.979. The SMILES string of the molecule is O=C(c1cc(Br)c2ccccc2c1F)C(F)(F)F. The summed E-state index contributed by atoms with van der Waals surface area (Å²) >= 11 is 3.03. The maximum absolute atomic E-state index is 13.9. The van der Waals surface area contributed by atoms with Crippen LogP contribution in [0.4, 0.5) is 17.6 Å². The Kier molecular flexibility index (Phi) is 3.14. The van der Waals surface area contributed by atoms with Gasteiger partial charge in [0.25, 0.3) is 5.78 Å². The van der Waals surface area contributed by atoms with Crippen LogP contribution >= 0.6 is 15.9 Å². The van der Waals surface area contributed by atoms with E-state index < -0.39 is 23.3 Å². The van der Waals surface area contributed by atoms with Crippen molar-refractivity contribution in [3.63, 3.8) is 0 Å². The maximum atomic E-state index is 13.9. The number of hydrogen-bond donors (Lipinski definition) is 0. The highest BCUT2D eigenvalue weighted by Crippen LogP contribution is 2.32. The third kappa shape index (κ3) is 2.12. The van der Waals surface area contributed by atoms with E-state index >= 15 is 0 Å². The lowest BCUT2D eigenvalue weighted by atomic mass is 10.0. The highest BCUT2D eigenvalue weighted by Gasteiger charge is 2.41. The lowest BCUT2D eigenvalue weighted by molar-refractivity contribution is -0.0887. The summed E-state index contributed by atoms with van der Waals surface area (Å²) in [7, 11) is 0. The van der Waals surface area contributed by atoms with Crippen LogP contribution in [0.5, 0.6) is 0 Å². The van der Waals surface area contributed by atoms with Gasteiger partial charge in [0.15, 0.2) is 0 Å². The van der Waals surface area contributed by atoms with Crippen LogP contribution in [0.25, 0.3) is 10.8 Å². The smallest absolute Gasteiger partial charge is 0.284 e. The average molecular weight is 321 g/mol. The van der Waals surface area contributed by atoms with Crippen LogP contribution in [0.3, 0.4) is 0 Å². The number of halogens is 5. The molecular formula is C12H5BrF4O. The van der Waals surface area contributed by atoms with E-state index in [2.05, 4.69) is 15.9 Å². The zero-order valence-corrected chi connectivity index (χ0v) is 10.3. The quantitative estimate of drug-likeness (QED) is 0.559. The first kappa shape index (κ1) is 13.0. The van der Waals surface area contributed by atoms with E-state index in [9.17, 15) is 22.4 Å². The topological polar surface area (TPSA) is 17.1 Å². The van der Waals surface area contributed by atoms with Gasteiger partial charge in [-0.15, -0.1) is 0 Å². The zero-order valence-electron chi connectivity index (χ0n) is 8.68. The number of carbonyl (C=O) groups excluding carboxylic acids is 1. The molecule has 0 aromatic heterocycles. The second-order valence-corrected chi connectivity index (χ2v) is 4.45. The molecule has 0 saturated carbocycles. The number of ketones is 1. The van der Waals surface area contributed by atoms with Gasteiger partial charge in [0.2, 0.25) is 0 Å². The largest absolute Gasteiger partial charge is 0.454 e. The van der Waals surface area contributed by atoms with Gasteiger partial charge in [-0.25, -0.2) is 4.39 Å². The Morgan fingerprint density at radius 3 is 2.22 bits per heavy atom. The van der Waals surface area contributed by atoms with Gasteiger partial charge < -0.3 is 0 Å². The second-order valence-electron chi connectivity index (χ2n) is 3.59. The first-order valence-corrected chi connectivity index (χ1v) is 5.60. The van der Waals surface area contributed by atoms with Crippen LogP contribution in [0.1, 0.15) is 10.4 Å². The van der Waals surface area contributed by atoms with Gasteiger partial charge in [-0.3, -0.25) is 4.79 Å². The maximum Gasteiger partial charge on any atom is 0.454 e. The Bertz CT molecular complexity index is 634. The number of hydrogen-bond acceptors (Lipinski definition) is 1. The predicted molar refractivity (Wildman–Crippen MR) is 62.0 cm³/mol. The third-order valence-electron chi connectivity index (χ3n) is 2.43. The zero-order chi connectivity index (χ0) is 13.5. The first-order valence-electron chi connectivity index (χ1n) is 4.80. The molecule has 94 valence electrons. The van der Waals surface area contributed by atoms with Gasteiger partial charge in [0.1, 0.15) is 5.82 Å². The van der Waals surface area contributed by atoms with E-state index in [1.54, 1.807) is 12.1 Å². The Labute approximate surface area is 108 Å². The fraction of sp³-hybridized carbons (Fsp3) is 0.0833. The van der Waals surface area contributed by atoms with Crippen molar-refractivity contribution in [1.82, 2.24) is 0 Å². The fourth-order valence-corrected chi connectivity index (χ4v) is 2.19. The molecule has 18 heavy (non-hydrogen) atoms. The van der Waals surface area contributed by atoms with E-state index in [0.717, 1.165) is 6.07 Å². The molecule has 0 radical (unpaired) electrons. The number of Topliss-reactive ketones (excluding diaryl/α,β-unsaturated/α-hetero) is 1. The van der Waals surface area contributed by atoms with Crippen molar-refractivity contribution in [2.45, 2.75) is 6.18 Å². The van der Waals surface area contributed by atoms with Crippen LogP contribution in [0, 0.1) is 5.82 Å². The summed E-state index contributed by atoms with van der Waals surface area (Å²) in [4.78, 5) is 11.1. The van der Waals surface area contributed by atoms with E-state index in [-0.39, 0.29) is 9.86 Å². The molecule has 1 nitrogen and oxygen atoms in total. The molecule has 0 amide bonds. The molecule has 0 unspecified atom stereocenters. The highest BCUT2D eigenvalue weighted by molar-refractivity contribution is 9.10. The van der Waals surface area contributed by atoms with Crippen molar-refractivity contribution < 1.29 is 22.4 Å². The molecule has 0 aliphatic heterocycles. The van der Waals surface area contributed by atoms with Gasteiger partial charge in [-0.05, 0) is 11.5 Å². The summed E-state index contributed by atoms with van der Waals surface area (Å²) < 4.78 is 51.1. The number of alkyl halides is 3. The molecule has 2 rings (SSSR count). The average Bonchev–Trinajstić information content (AvgIpc) is 2.32. The normalized spacial score (nSPS) is 11.8. The lowest BCUT2D eigenvalue weighted by Crippen LogP contribution is -2.24. The summed E-state index contributed by atoms with van der Waals surface area (Å²) in [6.45, 7) is 0. The van der Waals surface area contributed by atoms with Gasteiger partial charge >= 0.3 is 6.18 Å². The van der Waals surface area contributed by atoms with Gasteiger partial charge in [-0.1, -0.05) is 40.2 Å². The minimum absolute atomic E-state index is 0.0283. The molecular weight excluding hydrogens is 316 g/mol. The monoisotopic (exact) mass is 320 g/mol. The van der Waals surface area contributed by atoms with Crippen molar-refractivity contribution in [3.05, 3.63) is 46.2 Å². The van der Waals surface area contributed by atoms with Crippen molar-refractivity contribution in [2.75, 3.05) is 0 Å².